The summed E-state index contributed by atoms with van der Waals surface area (Å²) in [6.45, 7) is 0. The minimum absolute atomic E-state index is 0.0186. The molecule has 0 fully saturated rings. The zero-order chi connectivity index (χ0) is 15.4. The first kappa shape index (κ1) is 14.5. The number of benzene rings is 1. The van der Waals surface area contributed by atoms with E-state index in [4.69, 9.17) is 0 Å². The number of hydrogen-bond donors (Lipinski definition) is 0. The number of nitrogens with zero attached hydrogens (tertiary/aromatic N) is 4. The largest absolute Gasteiger partial charge is 0.305 e. The van der Waals surface area contributed by atoms with Gasteiger partial charge in [-0.15, -0.1) is 10.2 Å². The summed E-state index contributed by atoms with van der Waals surface area (Å²) >= 11 is 1.37. The number of hydrogen-bond acceptors (Lipinski definition) is 5. The van der Waals surface area contributed by atoms with Gasteiger partial charge in [-0.1, -0.05) is 48.2 Å². The molecule has 110 valence electrons. The summed E-state index contributed by atoms with van der Waals surface area (Å²) in [5.74, 6) is 1.06. The Bertz CT molecular complexity index is 771. The van der Waals surface area contributed by atoms with E-state index in [1.54, 1.807) is 24.4 Å². The highest BCUT2D eigenvalue weighted by atomic mass is 32.2. The SMILES string of the molecule is Cn1c(SCC(=O)c2ccccn2)nnc1-c1ccccc1. The third-order valence-corrected chi connectivity index (χ3v) is 4.17. The Hall–Kier alpha value is -2.47. The van der Waals surface area contributed by atoms with Gasteiger partial charge in [-0.25, -0.2) is 0 Å². The van der Waals surface area contributed by atoms with Crippen molar-refractivity contribution in [3.63, 3.8) is 0 Å². The molecule has 0 atom stereocenters. The topological polar surface area (TPSA) is 60.7 Å². The Morgan fingerprint density at radius 1 is 1.09 bits per heavy atom. The van der Waals surface area contributed by atoms with E-state index in [9.17, 15) is 4.79 Å². The quantitative estimate of drug-likeness (QED) is 0.536. The van der Waals surface area contributed by atoms with Crippen LogP contribution < -0.4 is 0 Å². The van der Waals surface area contributed by atoms with Crippen molar-refractivity contribution in [2.75, 3.05) is 5.75 Å². The molecule has 0 radical (unpaired) electrons. The first-order valence-electron chi connectivity index (χ1n) is 6.77. The van der Waals surface area contributed by atoms with Gasteiger partial charge in [-0.3, -0.25) is 9.78 Å². The number of ketones is 1. The molecule has 0 saturated heterocycles. The molecule has 0 aliphatic carbocycles. The second kappa shape index (κ2) is 6.53. The third kappa shape index (κ3) is 3.07. The van der Waals surface area contributed by atoms with Crippen molar-refractivity contribution in [1.29, 1.82) is 0 Å². The average molecular weight is 310 g/mol. The van der Waals surface area contributed by atoms with E-state index >= 15 is 0 Å². The number of rotatable bonds is 5. The summed E-state index contributed by atoms with van der Waals surface area (Å²) in [6, 6.07) is 15.2. The van der Waals surface area contributed by atoms with Crippen molar-refractivity contribution in [2.24, 2.45) is 7.05 Å². The lowest BCUT2D eigenvalue weighted by atomic mass is 10.2. The van der Waals surface area contributed by atoms with Crippen LogP contribution in [0.3, 0.4) is 0 Å². The summed E-state index contributed by atoms with van der Waals surface area (Å²) < 4.78 is 1.89. The highest BCUT2D eigenvalue weighted by Gasteiger charge is 2.13. The van der Waals surface area contributed by atoms with Crippen LogP contribution in [-0.4, -0.2) is 31.3 Å². The fourth-order valence-corrected chi connectivity index (χ4v) is 2.80. The lowest BCUT2D eigenvalue weighted by Gasteiger charge is -2.03. The number of carbonyl (C=O) groups excluding carboxylic acids is 1. The Morgan fingerprint density at radius 2 is 1.86 bits per heavy atom. The van der Waals surface area contributed by atoms with Crippen molar-refractivity contribution in [3.8, 4) is 11.4 Å². The predicted octanol–water partition coefficient (Wildman–Crippen LogP) is 2.85. The zero-order valence-corrected chi connectivity index (χ0v) is 12.8. The van der Waals surface area contributed by atoms with Gasteiger partial charge in [-0.2, -0.15) is 0 Å². The summed E-state index contributed by atoms with van der Waals surface area (Å²) in [7, 11) is 1.90. The molecule has 1 aromatic carbocycles. The van der Waals surface area contributed by atoms with Gasteiger partial charge in [0.25, 0.3) is 0 Å². The molecule has 0 aliphatic heterocycles. The average Bonchev–Trinajstić information content (AvgIpc) is 2.95. The smallest absolute Gasteiger partial charge is 0.191 e. The highest BCUT2D eigenvalue weighted by molar-refractivity contribution is 7.99. The van der Waals surface area contributed by atoms with Crippen LogP contribution in [0.4, 0.5) is 0 Å². The first-order valence-corrected chi connectivity index (χ1v) is 7.76. The van der Waals surface area contributed by atoms with E-state index in [1.165, 1.54) is 11.8 Å². The zero-order valence-electron chi connectivity index (χ0n) is 12.0. The van der Waals surface area contributed by atoms with Crippen LogP contribution in [0.1, 0.15) is 10.5 Å². The molecule has 6 heteroatoms. The molecule has 3 aromatic rings. The van der Waals surface area contributed by atoms with Gasteiger partial charge >= 0.3 is 0 Å². The fraction of sp³-hybridized carbons (Fsp3) is 0.125. The molecule has 0 bridgehead atoms. The Kier molecular flexibility index (Phi) is 4.29. The van der Waals surface area contributed by atoms with Gasteiger partial charge < -0.3 is 4.57 Å². The van der Waals surface area contributed by atoms with Gasteiger partial charge in [0.05, 0.1) is 5.75 Å². The van der Waals surface area contributed by atoms with E-state index in [2.05, 4.69) is 15.2 Å². The van der Waals surface area contributed by atoms with E-state index in [0.717, 1.165) is 11.4 Å². The van der Waals surface area contributed by atoms with Crippen LogP contribution in [0.15, 0.2) is 59.9 Å². The minimum Gasteiger partial charge on any atom is -0.305 e. The van der Waals surface area contributed by atoms with Crippen LogP contribution in [-0.2, 0) is 7.05 Å². The fourth-order valence-electron chi connectivity index (χ4n) is 2.01. The second-order valence-electron chi connectivity index (χ2n) is 4.66. The summed E-state index contributed by atoms with van der Waals surface area (Å²) in [5, 5.41) is 9.07. The molecule has 0 amide bonds. The lowest BCUT2D eigenvalue weighted by molar-refractivity contribution is 0.101. The third-order valence-electron chi connectivity index (χ3n) is 3.15. The molecule has 0 unspecified atom stereocenters. The monoisotopic (exact) mass is 310 g/mol. The van der Waals surface area contributed by atoms with Crippen LogP contribution in [0.5, 0.6) is 0 Å². The van der Waals surface area contributed by atoms with Crippen LogP contribution in [0.2, 0.25) is 0 Å². The Labute approximate surface area is 132 Å². The van der Waals surface area contributed by atoms with Crippen LogP contribution >= 0.6 is 11.8 Å². The van der Waals surface area contributed by atoms with E-state index in [-0.39, 0.29) is 11.5 Å². The maximum absolute atomic E-state index is 12.1. The van der Waals surface area contributed by atoms with E-state index in [1.807, 2.05) is 41.9 Å². The molecule has 2 heterocycles. The van der Waals surface area contributed by atoms with E-state index in [0.29, 0.717) is 10.9 Å². The summed E-state index contributed by atoms with van der Waals surface area (Å²) in [5.41, 5.74) is 1.47. The number of thioether (sulfide) groups is 1. The molecular weight excluding hydrogens is 296 g/mol. The van der Waals surface area contributed by atoms with Gasteiger partial charge in [-0.05, 0) is 12.1 Å². The Morgan fingerprint density at radius 3 is 2.59 bits per heavy atom. The van der Waals surface area contributed by atoms with Crippen molar-refractivity contribution in [3.05, 3.63) is 60.4 Å². The van der Waals surface area contributed by atoms with Gasteiger partial charge in [0.2, 0.25) is 0 Å². The van der Waals surface area contributed by atoms with Gasteiger partial charge in [0.15, 0.2) is 16.8 Å². The number of aromatic nitrogens is 4. The highest BCUT2D eigenvalue weighted by Crippen LogP contribution is 2.22. The molecule has 3 rings (SSSR count). The maximum Gasteiger partial charge on any atom is 0.191 e. The van der Waals surface area contributed by atoms with Gasteiger partial charge in [0.1, 0.15) is 5.69 Å². The first-order chi connectivity index (χ1) is 10.8. The molecule has 0 saturated carbocycles. The number of pyridine rings is 1. The van der Waals surface area contributed by atoms with Crippen LogP contribution in [0.25, 0.3) is 11.4 Å². The molecule has 0 spiro atoms. The molecule has 22 heavy (non-hydrogen) atoms. The number of carbonyl (C=O) groups is 1. The Balaban J connectivity index is 1.72. The van der Waals surface area contributed by atoms with Crippen molar-refractivity contribution < 1.29 is 4.79 Å². The van der Waals surface area contributed by atoms with E-state index < -0.39 is 0 Å². The summed E-state index contributed by atoms with van der Waals surface area (Å²) in [4.78, 5) is 16.1. The number of Topliss-reactive ketones (excluding diaryl/α,β-unsaturated/α-hetero) is 1. The lowest BCUT2D eigenvalue weighted by Crippen LogP contribution is -2.05. The standard InChI is InChI=1S/C16H14N4OS/c1-20-15(12-7-3-2-4-8-12)18-19-16(20)22-11-14(21)13-9-5-6-10-17-13/h2-10H,11H2,1H3. The minimum atomic E-state index is -0.0186. The maximum atomic E-state index is 12.1. The molecule has 0 N–H and O–H groups in total. The molecular formula is C16H14N4OS. The normalized spacial score (nSPS) is 10.6. The van der Waals surface area contributed by atoms with Crippen LogP contribution in [0, 0.1) is 0 Å². The predicted molar refractivity (Wildman–Crippen MR) is 85.7 cm³/mol. The summed E-state index contributed by atoms with van der Waals surface area (Å²) in [6.07, 6.45) is 1.62. The second-order valence-corrected chi connectivity index (χ2v) is 5.60. The van der Waals surface area contributed by atoms with Gasteiger partial charge in [0, 0.05) is 18.8 Å². The van der Waals surface area contributed by atoms with Crippen molar-refractivity contribution in [2.45, 2.75) is 5.16 Å². The molecule has 0 aliphatic rings. The molecule has 5 nitrogen and oxygen atoms in total. The van der Waals surface area contributed by atoms with Crippen molar-refractivity contribution in [1.82, 2.24) is 19.7 Å². The molecule has 2 aromatic heterocycles. The van der Waals surface area contributed by atoms with Crippen molar-refractivity contribution >= 4 is 17.5 Å².